The molecule has 1 aliphatic heterocycles. The molecule has 0 aromatic heterocycles. The van der Waals surface area contributed by atoms with Gasteiger partial charge in [-0.3, -0.25) is 4.79 Å². The minimum atomic E-state index is -0.0604. The molecule has 1 heterocycles. The molecule has 5 heteroatoms. The van der Waals surface area contributed by atoms with E-state index in [2.05, 4.69) is 17.6 Å². The lowest BCUT2D eigenvalue weighted by Crippen LogP contribution is -2.52. The highest BCUT2D eigenvalue weighted by molar-refractivity contribution is 5.85. The van der Waals surface area contributed by atoms with Gasteiger partial charge < -0.3 is 15.4 Å². The molecule has 2 N–H and O–H groups in total. The van der Waals surface area contributed by atoms with Crippen LogP contribution in [0, 0.1) is 0 Å². The third-order valence-electron chi connectivity index (χ3n) is 3.49. The van der Waals surface area contributed by atoms with Crippen LogP contribution in [0.15, 0.2) is 30.3 Å². The number of rotatable bonds is 5. The highest BCUT2D eigenvalue weighted by Gasteiger charge is 2.27. The molecular formula is C15H23ClN2O2. The number of carbonyl (C=O) groups is 1. The minimum absolute atomic E-state index is 0. The van der Waals surface area contributed by atoms with E-state index < -0.39 is 0 Å². The van der Waals surface area contributed by atoms with Crippen LogP contribution >= 0.6 is 12.4 Å². The summed E-state index contributed by atoms with van der Waals surface area (Å²) >= 11 is 0. The molecule has 4 nitrogen and oxygen atoms in total. The van der Waals surface area contributed by atoms with Gasteiger partial charge in [0.25, 0.3) is 0 Å². The third kappa shape index (κ3) is 5.39. The van der Waals surface area contributed by atoms with Crippen LogP contribution in [0.2, 0.25) is 0 Å². The number of hydrogen-bond donors (Lipinski definition) is 2. The lowest BCUT2D eigenvalue weighted by Gasteiger charge is -2.35. The molecule has 0 atom stereocenters. The molecule has 0 radical (unpaired) electrons. The van der Waals surface area contributed by atoms with Crippen molar-refractivity contribution in [3.8, 4) is 5.75 Å². The fourth-order valence-electron chi connectivity index (χ4n) is 2.28. The number of amides is 1. The molecule has 1 saturated heterocycles. The second kappa shape index (κ2) is 8.12. The van der Waals surface area contributed by atoms with E-state index in [1.165, 1.54) is 0 Å². The Bertz CT molecular complexity index is 406. The molecule has 0 saturated carbocycles. The molecule has 1 fully saturated rings. The first-order valence-corrected chi connectivity index (χ1v) is 6.88. The van der Waals surface area contributed by atoms with Crippen LogP contribution in [-0.4, -0.2) is 31.1 Å². The Hall–Kier alpha value is -1.26. The summed E-state index contributed by atoms with van der Waals surface area (Å²) in [6, 6.07) is 9.58. The van der Waals surface area contributed by atoms with Crippen LogP contribution in [0.5, 0.6) is 5.75 Å². The molecule has 0 aliphatic carbocycles. The monoisotopic (exact) mass is 298 g/mol. The van der Waals surface area contributed by atoms with E-state index in [1.807, 2.05) is 30.3 Å². The smallest absolute Gasteiger partial charge is 0.223 e. The summed E-state index contributed by atoms with van der Waals surface area (Å²) in [5.41, 5.74) is -0.0604. The third-order valence-corrected chi connectivity index (χ3v) is 3.49. The quantitative estimate of drug-likeness (QED) is 0.875. The predicted molar refractivity (Wildman–Crippen MR) is 82.5 cm³/mol. The summed E-state index contributed by atoms with van der Waals surface area (Å²) in [5, 5.41) is 6.42. The van der Waals surface area contributed by atoms with Gasteiger partial charge in [0.2, 0.25) is 5.91 Å². The van der Waals surface area contributed by atoms with Gasteiger partial charge in [-0.1, -0.05) is 18.2 Å². The summed E-state index contributed by atoms with van der Waals surface area (Å²) in [5.74, 6) is 0.878. The number of piperidine rings is 1. The van der Waals surface area contributed by atoms with Crippen molar-refractivity contribution in [3.63, 3.8) is 0 Å². The van der Waals surface area contributed by atoms with Crippen molar-refractivity contribution in [2.75, 3.05) is 19.7 Å². The number of benzene rings is 1. The molecule has 1 amide bonds. The molecule has 0 unspecified atom stereocenters. The molecule has 1 aromatic carbocycles. The first-order valence-electron chi connectivity index (χ1n) is 6.88. The second-order valence-electron chi connectivity index (χ2n) is 5.27. The predicted octanol–water partition coefficient (Wildman–Crippen LogP) is 2.14. The number of nitrogens with one attached hydrogen (secondary N) is 2. The maximum absolute atomic E-state index is 11.9. The van der Waals surface area contributed by atoms with Gasteiger partial charge in [0.15, 0.2) is 0 Å². The molecule has 0 spiro atoms. The van der Waals surface area contributed by atoms with E-state index in [4.69, 9.17) is 4.74 Å². The zero-order valence-corrected chi connectivity index (χ0v) is 12.7. The molecule has 1 aromatic rings. The Labute approximate surface area is 126 Å². The summed E-state index contributed by atoms with van der Waals surface area (Å²) in [4.78, 5) is 11.9. The van der Waals surface area contributed by atoms with Crippen LogP contribution < -0.4 is 15.4 Å². The van der Waals surface area contributed by atoms with E-state index in [0.717, 1.165) is 31.7 Å². The average molecular weight is 299 g/mol. The van der Waals surface area contributed by atoms with Crippen molar-refractivity contribution in [1.29, 1.82) is 0 Å². The first kappa shape index (κ1) is 16.8. The van der Waals surface area contributed by atoms with E-state index in [1.54, 1.807) is 0 Å². The van der Waals surface area contributed by atoms with Gasteiger partial charge in [0.05, 0.1) is 13.0 Å². The van der Waals surface area contributed by atoms with Crippen LogP contribution in [0.4, 0.5) is 0 Å². The van der Waals surface area contributed by atoms with Gasteiger partial charge in [0, 0.05) is 5.54 Å². The zero-order valence-electron chi connectivity index (χ0n) is 11.9. The maximum Gasteiger partial charge on any atom is 0.223 e. The van der Waals surface area contributed by atoms with Crippen molar-refractivity contribution in [3.05, 3.63) is 30.3 Å². The Morgan fingerprint density at radius 3 is 2.60 bits per heavy atom. The van der Waals surface area contributed by atoms with Crippen molar-refractivity contribution >= 4 is 18.3 Å². The Morgan fingerprint density at radius 2 is 1.95 bits per heavy atom. The lowest BCUT2D eigenvalue weighted by atomic mass is 9.90. The van der Waals surface area contributed by atoms with E-state index in [9.17, 15) is 4.79 Å². The lowest BCUT2D eigenvalue weighted by molar-refractivity contribution is -0.123. The molecule has 0 bridgehead atoms. The van der Waals surface area contributed by atoms with Gasteiger partial charge >= 0.3 is 0 Å². The van der Waals surface area contributed by atoms with Gasteiger partial charge in [-0.15, -0.1) is 12.4 Å². The zero-order chi connectivity index (χ0) is 13.6. The van der Waals surface area contributed by atoms with Crippen LogP contribution in [0.1, 0.15) is 26.2 Å². The van der Waals surface area contributed by atoms with Crippen LogP contribution in [-0.2, 0) is 4.79 Å². The summed E-state index contributed by atoms with van der Waals surface area (Å²) in [6.07, 6.45) is 2.37. The summed E-state index contributed by atoms with van der Waals surface area (Å²) in [7, 11) is 0. The number of para-hydroxylation sites is 1. The van der Waals surface area contributed by atoms with Crippen LogP contribution in [0.3, 0.4) is 0 Å². The fourth-order valence-corrected chi connectivity index (χ4v) is 2.28. The molecule has 1 aliphatic rings. The second-order valence-corrected chi connectivity index (χ2v) is 5.27. The molecule has 112 valence electrons. The highest BCUT2D eigenvalue weighted by atomic mass is 35.5. The number of ether oxygens (including phenoxy) is 1. The largest absolute Gasteiger partial charge is 0.493 e. The Morgan fingerprint density at radius 1 is 1.30 bits per heavy atom. The Balaban J connectivity index is 0.00000200. The van der Waals surface area contributed by atoms with Gasteiger partial charge in [-0.25, -0.2) is 0 Å². The molecule has 2 rings (SSSR count). The summed E-state index contributed by atoms with van der Waals surface area (Å²) in [6.45, 7) is 4.47. The first-order chi connectivity index (χ1) is 9.18. The number of halogens is 1. The van der Waals surface area contributed by atoms with Gasteiger partial charge in [-0.2, -0.15) is 0 Å². The van der Waals surface area contributed by atoms with Gasteiger partial charge in [-0.05, 0) is 45.0 Å². The summed E-state index contributed by atoms with van der Waals surface area (Å²) < 4.78 is 5.53. The topological polar surface area (TPSA) is 50.4 Å². The van der Waals surface area contributed by atoms with Crippen molar-refractivity contribution in [2.24, 2.45) is 0 Å². The maximum atomic E-state index is 11.9. The SMILES string of the molecule is CC1(NC(=O)CCOc2ccccc2)CCNCC1.Cl. The van der Waals surface area contributed by atoms with E-state index in [0.29, 0.717) is 13.0 Å². The van der Waals surface area contributed by atoms with E-state index >= 15 is 0 Å². The van der Waals surface area contributed by atoms with Crippen molar-refractivity contribution in [1.82, 2.24) is 10.6 Å². The van der Waals surface area contributed by atoms with Gasteiger partial charge in [0.1, 0.15) is 5.75 Å². The minimum Gasteiger partial charge on any atom is -0.493 e. The number of carbonyl (C=O) groups excluding carboxylic acids is 1. The van der Waals surface area contributed by atoms with Crippen molar-refractivity contribution in [2.45, 2.75) is 31.7 Å². The molecular weight excluding hydrogens is 276 g/mol. The molecule has 20 heavy (non-hydrogen) atoms. The Kier molecular flexibility index (Phi) is 6.82. The van der Waals surface area contributed by atoms with Crippen molar-refractivity contribution < 1.29 is 9.53 Å². The standard InChI is InChI=1S/C15H22N2O2.ClH/c1-15(8-10-16-11-9-15)17-14(18)7-12-19-13-5-3-2-4-6-13;/h2-6,16H,7-12H2,1H3,(H,17,18);1H. The van der Waals surface area contributed by atoms with E-state index in [-0.39, 0.29) is 23.9 Å². The number of hydrogen-bond acceptors (Lipinski definition) is 3. The average Bonchev–Trinajstić information content (AvgIpc) is 2.40. The normalized spacial score (nSPS) is 16.9. The fraction of sp³-hybridized carbons (Fsp3) is 0.533. The highest BCUT2D eigenvalue weighted by Crippen LogP contribution is 2.17. The van der Waals surface area contributed by atoms with Crippen LogP contribution in [0.25, 0.3) is 0 Å².